The Morgan fingerprint density at radius 1 is 1.22 bits per heavy atom. The topological polar surface area (TPSA) is 60.4 Å². The molecule has 0 heterocycles. The number of carbonyl (C=O) groups is 1. The zero-order chi connectivity index (χ0) is 13.9. The van der Waals surface area contributed by atoms with Crippen LogP contribution in [-0.4, -0.2) is 26.7 Å². The van der Waals surface area contributed by atoms with Gasteiger partial charge in [0, 0.05) is 0 Å². The standard InChI is InChI=1S/C13H16O4S/c1-9(2)18(15,16)12-7-5-11(6-8-12)10(3)13(14)17-4/h5-9H,3H2,1-2,4H3. The Hall–Kier alpha value is -1.62. The highest BCUT2D eigenvalue weighted by Crippen LogP contribution is 2.20. The predicted molar refractivity (Wildman–Crippen MR) is 69.8 cm³/mol. The van der Waals surface area contributed by atoms with E-state index in [1.807, 2.05) is 0 Å². The SMILES string of the molecule is C=C(C(=O)OC)c1ccc(S(=O)(=O)C(C)C)cc1. The third-order valence-corrected chi connectivity index (χ3v) is 4.75. The molecule has 1 rings (SSSR count). The van der Waals surface area contributed by atoms with Gasteiger partial charge < -0.3 is 4.74 Å². The molecule has 1 aromatic rings. The van der Waals surface area contributed by atoms with Crippen LogP contribution in [0.25, 0.3) is 5.57 Å². The lowest BCUT2D eigenvalue weighted by atomic mass is 10.1. The minimum Gasteiger partial charge on any atom is -0.465 e. The van der Waals surface area contributed by atoms with Crippen LogP contribution in [0, 0.1) is 0 Å². The highest BCUT2D eigenvalue weighted by atomic mass is 32.2. The maximum Gasteiger partial charge on any atom is 0.337 e. The molecule has 0 aliphatic rings. The molecule has 4 nitrogen and oxygen atoms in total. The summed E-state index contributed by atoms with van der Waals surface area (Å²) < 4.78 is 28.3. The van der Waals surface area contributed by atoms with Crippen molar-refractivity contribution in [2.45, 2.75) is 24.0 Å². The Labute approximate surface area is 107 Å². The van der Waals surface area contributed by atoms with E-state index in [1.165, 1.54) is 19.2 Å². The van der Waals surface area contributed by atoms with E-state index in [9.17, 15) is 13.2 Å². The van der Waals surface area contributed by atoms with Crippen molar-refractivity contribution in [3.05, 3.63) is 36.4 Å². The Bertz CT molecular complexity index is 553. The zero-order valence-electron chi connectivity index (χ0n) is 10.6. The first-order valence-corrected chi connectivity index (χ1v) is 6.97. The second kappa shape index (κ2) is 5.35. The predicted octanol–water partition coefficient (Wildman–Crippen LogP) is 2.05. The van der Waals surface area contributed by atoms with Gasteiger partial charge in [-0.1, -0.05) is 18.7 Å². The molecular weight excluding hydrogens is 252 g/mol. The summed E-state index contributed by atoms with van der Waals surface area (Å²) in [6, 6.07) is 6.04. The van der Waals surface area contributed by atoms with Crippen LogP contribution in [0.4, 0.5) is 0 Å². The number of sulfone groups is 1. The zero-order valence-corrected chi connectivity index (χ0v) is 11.5. The van der Waals surface area contributed by atoms with Crippen LogP contribution in [0.15, 0.2) is 35.7 Å². The molecule has 18 heavy (non-hydrogen) atoms. The summed E-state index contributed by atoms with van der Waals surface area (Å²) in [7, 11) is -2.02. The van der Waals surface area contributed by atoms with Gasteiger partial charge in [-0.25, -0.2) is 13.2 Å². The van der Waals surface area contributed by atoms with Gasteiger partial charge in [0.15, 0.2) is 9.84 Å². The Kier molecular flexibility index (Phi) is 4.29. The van der Waals surface area contributed by atoms with Crippen molar-refractivity contribution in [1.29, 1.82) is 0 Å². The molecule has 0 atom stereocenters. The summed E-state index contributed by atoms with van der Waals surface area (Å²) in [5.41, 5.74) is 0.746. The van der Waals surface area contributed by atoms with Crippen molar-refractivity contribution in [2.24, 2.45) is 0 Å². The molecule has 0 unspecified atom stereocenters. The van der Waals surface area contributed by atoms with Gasteiger partial charge in [-0.05, 0) is 31.5 Å². The van der Waals surface area contributed by atoms with Crippen LogP contribution in [0.1, 0.15) is 19.4 Å². The van der Waals surface area contributed by atoms with Gasteiger partial charge in [0.05, 0.1) is 22.8 Å². The van der Waals surface area contributed by atoms with Gasteiger partial charge in [0.2, 0.25) is 0 Å². The summed E-state index contributed by atoms with van der Waals surface area (Å²) in [6.45, 7) is 6.84. The molecule has 0 aliphatic heterocycles. The molecule has 0 radical (unpaired) electrons. The average Bonchev–Trinajstić information content (AvgIpc) is 2.36. The van der Waals surface area contributed by atoms with Crippen LogP contribution in [-0.2, 0) is 19.4 Å². The number of carbonyl (C=O) groups excluding carboxylic acids is 1. The van der Waals surface area contributed by atoms with Crippen LogP contribution in [0.2, 0.25) is 0 Å². The fraction of sp³-hybridized carbons (Fsp3) is 0.308. The third-order valence-electron chi connectivity index (χ3n) is 2.58. The van der Waals surface area contributed by atoms with E-state index < -0.39 is 21.1 Å². The molecular formula is C13H16O4S. The molecule has 0 spiro atoms. The van der Waals surface area contributed by atoms with Crippen molar-refractivity contribution in [3.8, 4) is 0 Å². The van der Waals surface area contributed by atoms with Gasteiger partial charge in [-0.2, -0.15) is 0 Å². The summed E-state index contributed by atoms with van der Waals surface area (Å²) in [4.78, 5) is 11.5. The van der Waals surface area contributed by atoms with E-state index in [-0.39, 0.29) is 10.5 Å². The van der Waals surface area contributed by atoms with Gasteiger partial charge in [-0.15, -0.1) is 0 Å². The molecule has 0 bridgehead atoms. The lowest BCUT2D eigenvalue weighted by Gasteiger charge is -2.09. The average molecular weight is 268 g/mol. The molecule has 0 saturated carbocycles. The number of methoxy groups -OCH3 is 1. The molecule has 1 aromatic carbocycles. The number of ether oxygens (including phenoxy) is 1. The van der Waals surface area contributed by atoms with Crippen molar-refractivity contribution in [1.82, 2.24) is 0 Å². The minimum absolute atomic E-state index is 0.200. The summed E-state index contributed by atoms with van der Waals surface area (Å²) in [5, 5.41) is -0.479. The second-order valence-corrected chi connectivity index (χ2v) is 6.59. The van der Waals surface area contributed by atoms with Crippen molar-refractivity contribution in [3.63, 3.8) is 0 Å². The number of hydrogen-bond donors (Lipinski definition) is 0. The third kappa shape index (κ3) is 2.79. The quantitative estimate of drug-likeness (QED) is 0.619. The molecule has 0 aromatic heterocycles. The number of benzene rings is 1. The lowest BCUT2D eigenvalue weighted by molar-refractivity contribution is -0.133. The van der Waals surface area contributed by atoms with Crippen molar-refractivity contribution in [2.75, 3.05) is 7.11 Å². The van der Waals surface area contributed by atoms with E-state index in [4.69, 9.17) is 0 Å². The van der Waals surface area contributed by atoms with E-state index in [0.717, 1.165) is 0 Å². The molecule has 5 heteroatoms. The molecule has 0 saturated heterocycles. The normalized spacial score (nSPS) is 11.3. The first kappa shape index (κ1) is 14.4. The maximum absolute atomic E-state index is 11.9. The molecule has 98 valence electrons. The van der Waals surface area contributed by atoms with Crippen LogP contribution in [0.5, 0.6) is 0 Å². The highest BCUT2D eigenvalue weighted by Gasteiger charge is 2.19. The monoisotopic (exact) mass is 268 g/mol. The number of hydrogen-bond acceptors (Lipinski definition) is 4. The maximum atomic E-state index is 11.9. The molecule has 0 aliphatic carbocycles. The first-order chi connectivity index (χ1) is 8.30. The summed E-state index contributed by atoms with van der Waals surface area (Å²) in [6.07, 6.45) is 0. The summed E-state index contributed by atoms with van der Waals surface area (Å²) >= 11 is 0. The minimum atomic E-state index is -3.29. The van der Waals surface area contributed by atoms with E-state index in [1.54, 1.807) is 26.0 Å². The fourth-order valence-electron chi connectivity index (χ4n) is 1.36. The molecule has 0 amide bonds. The fourth-order valence-corrected chi connectivity index (χ4v) is 2.42. The van der Waals surface area contributed by atoms with Crippen molar-refractivity contribution >= 4 is 21.4 Å². The molecule has 0 fully saturated rings. The van der Waals surface area contributed by atoms with Crippen molar-refractivity contribution < 1.29 is 17.9 Å². The van der Waals surface area contributed by atoms with Gasteiger partial charge in [-0.3, -0.25) is 0 Å². The van der Waals surface area contributed by atoms with Crippen LogP contribution >= 0.6 is 0 Å². The molecule has 0 N–H and O–H groups in total. The number of esters is 1. The Balaban J connectivity index is 3.08. The van der Waals surface area contributed by atoms with E-state index in [0.29, 0.717) is 5.56 Å². The van der Waals surface area contributed by atoms with Gasteiger partial charge >= 0.3 is 5.97 Å². The first-order valence-electron chi connectivity index (χ1n) is 5.42. The smallest absolute Gasteiger partial charge is 0.337 e. The van der Waals surface area contributed by atoms with Crippen LogP contribution < -0.4 is 0 Å². The van der Waals surface area contributed by atoms with E-state index in [2.05, 4.69) is 11.3 Å². The van der Waals surface area contributed by atoms with E-state index >= 15 is 0 Å². The summed E-state index contributed by atoms with van der Waals surface area (Å²) in [5.74, 6) is -0.533. The lowest BCUT2D eigenvalue weighted by Crippen LogP contribution is -2.14. The Morgan fingerprint density at radius 3 is 2.11 bits per heavy atom. The highest BCUT2D eigenvalue weighted by molar-refractivity contribution is 7.92. The van der Waals surface area contributed by atoms with Gasteiger partial charge in [0.1, 0.15) is 0 Å². The van der Waals surface area contributed by atoms with Gasteiger partial charge in [0.25, 0.3) is 0 Å². The Morgan fingerprint density at radius 2 is 1.72 bits per heavy atom. The van der Waals surface area contributed by atoms with Crippen LogP contribution in [0.3, 0.4) is 0 Å². The largest absolute Gasteiger partial charge is 0.465 e. The number of rotatable bonds is 4. The second-order valence-electron chi connectivity index (χ2n) is 4.09.